The van der Waals surface area contributed by atoms with Gasteiger partial charge in [0.2, 0.25) is 5.91 Å². The summed E-state index contributed by atoms with van der Waals surface area (Å²) in [5, 5.41) is 2.86. The van der Waals surface area contributed by atoms with E-state index >= 15 is 0 Å². The quantitative estimate of drug-likeness (QED) is 0.932. The van der Waals surface area contributed by atoms with Gasteiger partial charge in [0.15, 0.2) is 0 Å². The molecule has 1 aliphatic carbocycles. The Morgan fingerprint density at radius 3 is 2.81 bits per heavy atom. The number of anilines is 1. The molecule has 1 amide bonds. The van der Waals surface area contributed by atoms with Crippen molar-refractivity contribution in [3.63, 3.8) is 0 Å². The zero-order chi connectivity index (χ0) is 14.8. The summed E-state index contributed by atoms with van der Waals surface area (Å²) in [6, 6.07) is 13.8. The number of amides is 1. The number of methoxy groups -OCH3 is 1. The highest BCUT2D eigenvalue weighted by Crippen LogP contribution is 2.48. The molecule has 2 unspecified atom stereocenters. The second-order valence-corrected chi connectivity index (χ2v) is 5.19. The number of nitrogens with one attached hydrogen (secondary N) is 1. The van der Waals surface area contributed by atoms with Gasteiger partial charge in [-0.1, -0.05) is 24.3 Å². The molecular formula is C17H16FNO2. The van der Waals surface area contributed by atoms with Crippen LogP contribution in [0.25, 0.3) is 0 Å². The number of rotatable bonds is 4. The number of benzene rings is 2. The monoisotopic (exact) mass is 285 g/mol. The third-order valence-electron chi connectivity index (χ3n) is 3.77. The average molecular weight is 285 g/mol. The van der Waals surface area contributed by atoms with Crippen LogP contribution >= 0.6 is 0 Å². The Balaban J connectivity index is 1.67. The van der Waals surface area contributed by atoms with Gasteiger partial charge in [0.25, 0.3) is 0 Å². The van der Waals surface area contributed by atoms with Crippen molar-refractivity contribution >= 4 is 11.6 Å². The van der Waals surface area contributed by atoms with Crippen LogP contribution in [0.3, 0.4) is 0 Å². The van der Waals surface area contributed by atoms with Crippen molar-refractivity contribution in [2.24, 2.45) is 5.92 Å². The molecule has 108 valence electrons. The predicted octanol–water partition coefficient (Wildman–Crippen LogP) is 3.58. The summed E-state index contributed by atoms with van der Waals surface area (Å²) in [5.41, 5.74) is 1.32. The van der Waals surface area contributed by atoms with Crippen LogP contribution in [-0.4, -0.2) is 13.0 Å². The molecule has 2 aromatic rings. The molecule has 0 radical (unpaired) electrons. The van der Waals surface area contributed by atoms with Crippen LogP contribution in [0.15, 0.2) is 48.5 Å². The molecule has 21 heavy (non-hydrogen) atoms. The minimum absolute atomic E-state index is 0.0168. The topological polar surface area (TPSA) is 38.3 Å². The second-order valence-electron chi connectivity index (χ2n) is 5.19. The van der Waals surface area contributed by atoms with E-state index in [1.807, 2.05) is 12.1 Å². The molecule has 1 fully saturated rings. The maximum Gasteiger partial charge on any atom is 0.228 e. The summed E-state index contributed by atoms with van der Waals surface area (Å²) in [6.45, 7) is 0. The van der Waals surface area contributed by atoms with Gasteiger partial charge in [0.1, 0.15) is 11.6 Å². The number of carbonyl (C=O) groups is 1. The molecule has 2 aromatic carbocycles. The van der Waals surface area contributed by atoms with Gasteiger partial charge in [-0.2, -0.15) is 0 Å². The lowest BCUT2D eigenvalue weighted by Gasteiger charge is -2.07. The molecule has 3 nitrogen and oxygen atoms in total. The number of hydrogen-bond acceptors (Lipinski definition) is 2. The van der Waals surface area contributed by atoms with Crippen LogP contribution in [0, 0.1) is 11.7 Å². The summed E-state index contributed by atoms with van der Waals surface area (Å²) < 4.78 is 18.8. The van der Waals surface area contributed by atoms with Gasteiger partial charge in [-0.3, -0.25) is 4.79 Å². The number of hydrogen-bond donors (Lipinski definition) is 1. The first-order valence-corrected chi connectivity index (χ1v) is 6.88. The smallest absolute Gasteiger partial charge is 0.228 e. The Morgan fingerprint density at radius 2 is 2.05 bits per heavy atom. The highest BCUT2D eigenvalue weighted by molar-refractivity contribution is 5.95. The molecular weight excluding hydrogens is 269 g/mol. The third-order valence-corrected chi connectivity index (χ3v) is 3.77. The standard InChI is InChI=1S/C17H16FNO2/c1-21-12-6-4-5-11(9-12)19-17(20)15-10-14(15)13-7-2-3-8-16(13)18/h2-9,14-15H,10H2,1H3,(H,19,20). The van der Waals surface area contributed by atoms with Crippen LogP contribution in [0.4, 0.5) is 10.1 Å². The van der Waals surface area contributed by atoms with Crippen LogP contribution in [0.2, 0.25) is 0 Å². The Morgan fingerprint density at radius 1 is 1.24 bits per heavy atom. The van der Waals surface area contributed by atoms with Crippen LogP contribution < -0.4 is 10.1 Å². The largest absolute Gasteiger partial charge is 0.497 e. The summed E-state index contributed by atoms with van der Waals surface area (Å²) >= 11 is 0. The number of halogens is 1. The van der Waals surface area contributed by atoms with E-state index in [2.05, 4.69) is 5.32 Å². The van der Waals surface area contributed by atoms with Crippen molar-refractivity contribution in [1.82, 2.24) is 0 Å². The van der Waals surface area contributed by atoms with E-state index in [-0.39, 0.29) is 23.6 Å². The van der Waals surface area contributed by atoms with E-state index in [0.29, 0.717) is 23.4 Å². The molecule has 1 aliphatic rings. The molecule has 0 bridgehead atoms. The highest BCUT2D eigenvalue weighted by Gasteiger charge is 2.45. The molecule has 0 spiro atoms. The summed E-state index contributed by atoms with van der Waals surface area (Å²) in [6.07, 6.45) is 0.691. The first-order valence-electron chi connectivity index (χ1n) is 6.88. The summed E-state index contributed by atoms with van der Waals surface area (Å²) in [4.78, 5) is 12.2. The van der Waals surface area contributed by atoms with Crippen molar-refractivity contribution in [3.8, 4) is 5.75 Å². The van der Waals surface area contributed by atoms with E-state index in [0.717, 1.165) is 0 Å². The fourth-order valence-electron chi connectivity index (χ4n) is 2.54. The van der Waals surface area contributed by atoms with E-state index in [4.69, 9.17) is 4.74 Å². The second kappa shape index (κ2) is 5.56. The Kier molecular flexibility index (Phi) is 3.60. The van der Waals surface area contributed by atoms with Crippen molar-refractivity contribution in [3.05, 3.63) is 59.9 Å². The maximum atomic E-state index is 13.7. The fraction of sp³-hybridized carbons (Fsp3) is 0.235. The van der Waals surface area contributed by atoms with Crippen LogP contribution in [0.1, 0.15) is 17.9 Å². The van der Waals surface area contributed by atoms with Gasteiger partial charge in [0, 0.05) is 17.7 Å². The van der Waals surface area contributed by atoms with Crippen molar-refractivity contribution in [2.45, 2.75) is 12.3 Å². The molecule has 0 saturated heterocycles. The van der Waals surface area contributed by atoms with Gasteiger partial charge in [-0.25, -0.2) is 4.39 Å². The molecule has 4 heteroatoms. The average Bonchev–Trinajstić information content (AvgIpc) is 3.28. The zero-order valence-corrected chi connectivity index (χ0v) is 11.7. The fourth-order valence-corrected chi connectivity index (χ4v) is 2.54. The lowest BCUT2D eigenvalue weighted by molar-refractivity contribution is -0.117. The van der Waals surface area contributed by atoms with Crippen molar-refractivity contribution < 1.29 is 13.9 Å². The molecule has 2 atom stereocenters. The minimum Gasteiger partial charge on any atom is -0.497 e. The molecule has 1 saturated carbocycles. The Labute approximate surface area is 122 Å². The normalized spacial score (nSPS) is 19.9. The van der Waals surface area contributed by atoms with Gasteiger partial charge in [0.05, 0.1) is 7.11 Å². The van der Waals surface area contributed by atoms with Gasteiger partial charge in [-0.15, -0.1) is 0 Å². The molecule has 0 aromatic heterocycles. The lowest BCUT2D eigenvalue weighted by atomic mass is 10.1. The number of carbonyl (C=O) groups excluding carboxylic acids is 1. The van der Waals surface area contributed by atoms with E-state index in [1.165, 1.54) is 6.07 Å². The predicted molar refractivity (Wildman–Crippen MR) is 78.9 cm³/mol. The maximum absolute atomic E-state index is 13.7. The van der Waals surface area contributed by atoms with Gasteiger partial charge in [-0.05, 0) is 36.1 Å². The first-order chi connectivity index (χ1) is 10.2. The van der Waals surface area contributed by atoms with Gasteiger partial charge < -0.3 is 10.1 Å². The lowest BCUT2D eigenvalue weighted by Crippen LogP contribution is -2.14. The molecule has 3 rings (SSSR count). The first kappa shape index (κ1) is 13.6. The molecule has 0 aliphatic heterocycles. The SMILES string of the molecule is COc1cccc(NC(=O)C2CC2c2ccccc2F)c1. The third kappa shape index (κ3) is 2.89. The van der Waals surface area contributed by atoms with E-state index in [1.54, 1.807) is 37.4 Å². The van der Waals surface area contributed by atoms with Crippen molar-refractivity contribution in [2.75, 3.05) is 12.4 Å². The van der Waals surface area contributed by atoms with Gasteiger partial charge >= 0.3 is 0 Å². The van der Waals surface area contributed by atoms with Crippen LogP contribution in [0.5, 0.6) is 5.75 Å². The number of ether oxygens (including phenoxy) is 1. The van der Waals surface area contributed by atoms with Crippen molar-refractivity contribution in [1.29, 1.82) is 0 Å². The Hall–Kier alpha value is -2.36. The zero-order valence-electron chi connectivity index (χ0n) is 11.7. The van der Waals surface area contributed by atoms with Crippen LogP contribution in [-0.2, 0) is 4.79 Å². The highest BCUT2D eigenvalue weighted by atomic mass is 19.1. The molecule has 0 heterocycles. The Bertz CT molecular complexity index is 671. The minimum atomic E-state index is -0.237. The van der Waals surface area contributed by atoms with E-state index < -0.39 is 0 Å². The van der Waals surface area contributed by atoms with E-state index in [9.17, 15) is 9.18 Å². The summed E-state index contributed by atoms with van der Waals surface area (Å²) in [5.74, 6) is 0.204. The summed E-state index contributed by atoms with van der Waals surface area (Å²) in [7, 11) is 1.58. The molecule has 1 N–H and O–H groups in total.